The van der Waals surface area contributed by atoms with Crippen LogP contribution in [0.1, 0.15) is 115 Å². The Hall–Kier alpha value is -2.57. The van der Waals surface area contributed by atoms with Crippen LogP contribution in [-0.2, 0) is 14.4 Å². The summed E-state index contributed by atoms with van der Waals surface area (Å²) in [6, 6.07) is 0. The third kappa shape index (κ3) is 8.28. The quantitative estimate of drug-likeness (QED) is 0.213. The lowest BCUT2D eigenvalue weighted by molar-refractivity contribution is -0.662. The smallest absolute Gasteiger partial charge is 0.179 e. The Bertz CT molecular complexity index is 1280. The Balaban J connectivity index is 0.000000923. The molecule has 0 aromatic rings. The van der Waals surface area contributed by atoms with Gasteiger partial charge in [-0.25, -0.2) is 0 Å². The van der Waals surface area contributed by atoms with Gasteiger partial charge in [-0.2, -0.15) is 0 Å². The summed E-state index contributed by atoms with van der Waals surface area (Å²) in [5.74, 6) is -2.39. The number of hydrogen-bond acceptors (Lipinski definition) is 5. The lowest BCUT2D eigenvalue weighted by atomic mass is 9.38. The van der Waals surface area contributed by atoms with Crippen molar-refractivity contribution >= 4 is 17.3 Å². The molecule has 2 aliphatic carbocycles. The van der Waals surface area contributed by atoms with E-state index in [-0.39, 0.29) is 35.9 Å². The van der Waals surface area contributed by atoms with Crippen LogP contribution in [0.2, 0.25) is 0 Å². The zero-order valence-corrected chi connectivity index (χ0v) is 31.2. The highest BCUT2D eigenvalue weighted by Gasteiger charge is 2.74. The molecule has 1 aliphatic heterocycles. The van der Waals surface area contributed by atoms with Crippen LogP contribution < -0.4 is 10.4 Å². The van der Waals surface area contributed by atoms with E-state index in [2.05, 4.69) is 29.4 Å². The molecule has 6 heteroatoms. The van der Waals surface area contributed by atoms with Crippen LogP contribution in [0.15, 0.2) is 57.9 Å². The number of ketones is 3. The Morgan fingerprint density at radius 2 is 1.46 bits per heavy atom. The van der Waals surface area contributed by atoms with Crippen molar-refractivity contribution in [1.29, 1.82) is 0 Å². The van der Waals surface area contributed by atoms with Gasteiger partial charge in [-0.15, -0.1) is 5.76 Å². The van der Waals surface area contributed by atoms with Crippen molar-refractivity contribution < 1.29 is 24.8 Å². The lowest BCUT2D eigenvalue weighted by Gasteiger charge is -2.63. The molecule has 0 spiro atoms. The summed E-state index contributed by atoms with van der Waals surface area (Å²) >= 11 is 0. The average molecular weight is 637 g/mol. The van der Waals surface area contributed by atoms with Crippen molar-refractivity contribution in [2.45, 2.75) is 115 Å². The topological polar surface area (TPSA) is 94.1 Å². The Morgan fingerprint density at radius 1 is 0.913 bits per heavy atom. The molecule has 1 saturated carbocycles. The highest BCUT2D eigenvalue weighted by Crippen LogP contribution is 2.67. The van der Waals surface area contributed by atoms with Gasteiger partial charge in [-0.3, -0.25) is 19.3 Å². The second kappa shape index (κ2) is 16.5. The average Bonchev–Trinajstić information content (AvgIpc) is 2.96. The van der Waals surface area contributed by atoms with Crippen LogP contribution in [0.25, 0.3) is 0 Å². The number of hydrogen-bond donors (Lipinski definition) is 1. The lowest BCUT2D eigenvalue weighted by Crippen LogP contribution is -2.89. The van der Waals surface area contributed by atoms with Crippen molar-refractivity contribution in [2.75, 3.05) is 33.2 Å². The number of rotatable bonds is 11. The van der Waals surface area contributed by atoms with Crippen LogP contribution in [0.5, 0.6) is 0 Å². The zero-order chi connectivity index (χ0) is 35.0. The van der Waals surface area contributed by atoms with Gasteiger partial charge in [0.25, 0.3) is 0 Å². The predicted octanol–water partition coefficient (Wildman–Crippen LogP) is 6.29. The number of allylic oxidation sites excluding steroid dienone is 10. The summed E-state index contributed by atoms with van der Waals surface area (Å²) in [6.45, 7) is 26.5. The predicted molar refractivity (Wildman–Crippen MR) is 188 cm³/mol. The molecule has 46 heavy (non-hydrogen) atoms. The third-order valence-electron chi connectivity index (χ3n) is 10.4. The minimum atomic E-state index is -1.87. The molecule has 258 valence electrons. The Kier molecular flexibility index (Phi) is 14.2. The minimum Gasteiger partial charge on any atom is -0.874 e. The second-order valence-corrected chi connectivity index (χ2v) is 15.6. The first-order chi connectivity index (χ1) is 21.4. The van der Waals surface area contributed by atoms with Gasteiger partial charge < -0.3 is 10.4 Å². The maximum Gasteiger partial charge on any atom is 0.179 e. The number of nitrogens with zero attached hydrogens (tertiary/aromatic N) is 1. The van der Waals surface area contributed by atoms with Gasteiger partial charge in [0.15, 0.2) is 22.8 Å². The fraction of sp³-hybridized carbons (Fsp3) is 0.675. The number of fused-ring (bicyclic) bond motifs is 2. The second-order valence-electron chi connectivity index (χ2n) is 15.6. The van der Waals surface area contributed by atoms with Crippen molar-refractivity contribution in [3.05, 3.63) is 57.9 Å². The zero-order valence-electron chi connectivity index (χ0n) is 31.2. The number of carbonyl (C=O) groups excluding carboxylic acids is 3. The summed E-state index contributed by atoms with van der Waals surface area (Å²) in [4.78, 5) is 46.5. The van der Waals surface area contributed by atoms with E-state index >= 15 is 0 Å². The van der Waals surface area contributed by atoms with Gasteiger partial charge in [0.05, 0.1) is 13.1 Å². The number of likely N-dealkylation sites (N-methyl/N-ethyl adjacent to an activating group) is 1. The number of Topliss-reactive ketones (excluding diaryl/α,β-unsaturated/α-hetero) is 3. The summed E-state index contributed by atoms with van der Waals surface area (Å²) < 4.78 is 0. The number of piperazine rings is 1. The van der Waals surface area contributed by atoms with Gasteiger partial charge in [0.1, 0.15) is 0 Å². The normalized spacial score (nSPS) is 27.8. The maximum atomic E-state index is 15.0. The molecule has 1 unspecified atom stereocenters. The van der Waals surface area contributed by atoms with E-state index in [9.17, 15) is 19.5 Å². The van der Waals surface area contributed by atoms with E-state index in [1.54, 1.807) is 13.8 Å². The van der Waals surface area contributed by atoms with E-state index in [1.165, 1.54) is 26.2 Å². The Labute approximate surface area is 280 Å². The first-order valence-electron chi connectivity index (χ1n) is 17.5. The van der Waals surface area contributed by atoms with Crippen LogP contribution in [0.3, 0.4) is 0 Å². The van der Waals surface area contributed by atoms with Gasteiger partial charge in [0, 0.05) is 24.4 Å². The molecule has 0 aromatic carbocycles. The molecule has 1 heterocycles. The van der Waals surface area contributed by atoms with E-state index < -0.39 is 33.7 Å². The fourth-order valence-corrected chi connectivity index (χ4v) is 7.57. The van der Waals surface area contributed by atoms with E-state index in [4.69, 9.17) is 0 Å². The SMILES string of the molecule is CC(C)=CCC[C@]1(C)C(CC=C(C)C)C[C@@]2(CC=C(C)C)C(=O)[C@]1(C(=O)C(C)C)C(=O)C(CC=C(C)C)=C2[O-].CN1CC[NH2+]CC1. The first kappa shape index (κ1) is 39.6. The molecule has 0 aromatic heterocycles. The van der Waals surface area contributed by atoms with Crippen molar-refractivity contribution in [1.82, 2.24) is 4.90 Å². The van der Waals surface area contributed by atoms with E-state index in [0.29, 0.717) is 25.7 Å². The van der Waals surface area contributed by atoms with E-state index in [1.807, 2.05) is 74.5 Å². The molecular weight excluding hydrogens is 572 g/mol. The van der Waals surface area contributed by atoms with Gasteiger partial charge in [0.2, 0.25) is 0 Å². The number of nitrogens with two attached hydrogens (primary N) is 1. The van der Waals surface area contributed by atoms with Gasteiger partial charge in [-0.1, -0.05) is 67.4 Å². The van der Waals surface area contributed by atoms with E-state index in [0.717, 1.165) is 22.3 Å². The molecule has 6 nitrogen and oxygen atoms in total. The van der Waals surface area contributed by atoms with Crippen molar-refractivity contribution in [2.24, 2.45) is 28.1 Å². The summed E-state index contributed by atoms with van der Waals surface area (Å²) in [5, 5.41) is 16.7. The summed E-state index contributed by atoms with van der Waals surface area (Å²) in [5.41, 5.74) is 0.212. The van der Waals surface area contributed by atoms with Crippen molar-refractivity contribution in [3.8, 4) is 0 Å². The molecule has 0 radical (unpaired) electrons. The van der Waals surface area contributed by atoms with Gasteiger partial charge in [-0.05, 0) is 118 Å². The van der Waals surface area contributed by atoms with Crippen LogP contribution >= 0.6 is 0 Å². The molecule has 1 saturated heterocycles. The molecule has 4 atom stereocenters. The van der Waals surface area contributed by atoms with Crippen LogP contribution in [0.4, 0.5) is 0 Å². The largest absolute Gasteiger partial charge is 0.874 e. The van der Waals surface area contributed by atoms with Crippen LogP contribution in [0, 0.1) is 28.1 Å². The molecule has 0 amide bonds. The molecular formula is C40H64N2O4. The molecule has 2 N–H and O–H groups in total. The maximum absolute atomic E-state index is 15.0. The Morgan fingerprint density at radius 3 is 1.91 bits per heavy atom. The standard InChI is InChI=1S/C35H52O4.C5H12N2/c1-22(2)13-12-19-33(11)27(16-14-23(3)4)21-34(20-18-25(7)8)30(37)28(17-15-24(5)6)31(38)35(33,32(34)39)29(36)26(9)10;1-7-4-2-6-3-5-7/h13-15,18,26-27,37H,12,16-17,19-21H2,1-11H3;6H,2-5H2,1H3/t27?,33-,34-,35+;/m1./s1. The third-order valence-corrected chi connectivity index (χ3v) is 10.4. The molecule has 2 bridgehead atoms. The summed E-state index contributed by atoms with van der Waals surface area (Å²) in [7, 11) is 2.17. The highest BCUT2D eigenvalue weighted by atomic mass is 16.3. The van der Waals surface area contributed by atoms with Crippen molar-refractivity contribution in [3.63, 3.8) is 0 Å². The van der Waals surface area contributed by atoms with Crippen LogP contribution in [-0.4, -0.2) is 55.5 Å². The summed E-state index contributed by atoms with van der Waals surface area (Å²) in [6.07, 6.45) is 10.6. The molecule has 2 fully saturated rings. The number of quaternary nitrogens is 1. The monoisotopic (exact) mass is 636 g/mol. The van der Waals surface area contributed by atoms with Gasteiger partial charge >= 0.3 is 0 Å². The molecule has 3 rings (SSSR count). The first-order valence-corrected chi connectivity index (χ1v) is 17.5. The highest BCUT2D eigenvalue weighted by molar-refractivity contribution is 6.33. The minimum absolute atomic E-state index is 0.126. The molecule has 3 aliphatic rings. The fourth-order valence-electron chi connectivity index (χ4n) is 7.57. The number of carbonyl (C=O) groups is 3.